The minimum Gasteiger partial charge on any atom is -0.396 e. The van der Waals surface area contributed by atoms with Crippen LogP contribution in [0.3, 0.4) is 0 Å². The van der Waals surface area contributed by atoms with Gasteiger partial charge in [0.05, 0.1) is 0 Å². The molecule has 78 valence electrons. The van der Waals surface area contributed by atoms with Gasteiger partial charge in [-0.25, -0.2) is 0 Å². The Hall–Kier alpha value is -0.250. The van der Waals surface area contributed by atoms with Gasteiger partial charge in [-0.2, -0.15) is 13.2 Å². The molecule has 1 atom stereocenters. The first-order valence-electron chi connectivity index (χ1n) is 4.70. The molecular formula is C9H15F3O. The van der Waals surface area contributed by atoms with Crippen molar-refractivity contribution >= 4 is 0 Å². The van der Waals surface area contributed by atoms with Gasteiger partial charge in [-0.1, -0.05) is 25.7 Å². The van der Waals surface area contributed by atoms with E-state index in [-0.39, 0.29) is 12.5 Å². The monoisotopic (exact) mass is 196 g/mol. The van der Waals surface area contributed by atoms with Gasteiger partial charge in [0, 0.05) is 13.0 Å². The van der Waals surface area contributed by atoms with E-state index in [1.807, 2.05) is 0 Å². The number of halogens is 3. The van der Waals surface area contributed by atoms with Crippen LogP contribution in [0.5, 0.6) is 0 Å². The van der Waals surface area contributed by atoms with E-state index in [1.54, 1.807) is 0 Å². The molecule has 0 aromatic rings. The van der Waals surface area contributed by atoms with Crippen molar-refractivity contribution in [1.82, 2.24) is 0 Å². The third-order valence-electron chi connectivity index (χ3n) is 2.79. The molecule has 1 fully saturated rings. The molecule has 1 rings (SSSR count). The molecular weight excluding hydrogens is 181 g/mol. The Labute approximate surface area is 75.9 Å². The van der Waals surface area contributed by atoms with E-state index in [1.165, 1.54) is 0 Å². The molecule has 1 aliphatic rings. The Morgan fingerprint density at radius 2 is 1.77 bits per heavy atom. The predicted octanol–water partition coefficient (Wildman–Crippen LogP) is 2.74. The third-order valence-corrected chi connectivity index (χ3v) is 2.79. The number of aliphatic hydroxyl groups excluding tert-OH is 1. The molecule has 1 aliphatic carbocycles. The fourth-order valence-electron chi connectivity index (χ4n) is 2.11. The Morgan fingerprint density at radius 3 is 2.15 bits per heavy atom. The highest BCUT2D eigenvalue weighted by atomic mass is 19.4. The molecule has 0 aliphatic heterocycles. The van der Waals surface area contributed by atoms with Crippen molar-refractivity contribution < 1.29 is 18.3 Å². The van der Waals surface area contributed by atoms with Crippen LogP contribution in [0.15, 0.2) is 0 Å². The smallest absolute Gasteiger partial charge is 0.389 e. The van der Waals surface area contributed by atoms with Crippen molar-refractivity contribution in [3.63, 3.8) is 0 Å². The lowest BCUT2D eigenvalue weighted by molar-refractivity contribution is -0.151. The third kappa shape index (κ3) is 3.55. The van der Waals surface area contributed by atoms with E-state index >= 15 is 0 Å². The van der Waals surface area contributed by atoms with E-state index in [2.05, 4.69) is 0 Å². The van der Waals surface area contributed by atoms with Crippen molar-refractivity contribution in [2.24, 2.45) is 11.8 Å². The van der Waals surface area contributed by atoms with Gasteiger partial charge in [-0.05, 0) is 11.8 Å². The van der Waals surface area contributed by atoms with Gasteiger partial charge in [-0.3, -0.25) is 0 Å². The van der Waals surface area contributed by atoms with Crippen LogP contribution < -0.4 is 0 Å². The fraction of sp³-hybridized carbons (Fsp3) is 1.00. The topological polar surface area (TPSA) is 20.2 Å². The van der Waals surface area contributed by atoms with E-state index in [9.17, 15) is 13.2 Å². The summed E-state index contributed by atoms with van der Waals surface area (Å²) in [5.74, 6) is -0.478. The second-order valence-corrected chi connectivity index (χ2v) is 3.81. The fourth-order valence-corrected chi connectivity index (χ4v) is 2.11. The van der Waals surface area contributed by atoms with E-state index in [0.717, 1.165) is 25.7 Å². The summed E-state index contributed by atoms with van der Waals surface area (Å²) in [5.41, 5.74) is 0. The summed E-state index contributed by atoms with van der Waals surface area (Å²) in [4.78, 5) is 0. The second-order valence-electron chi connectivity index (χ2n) is 3.81. The molecule has 0 heterocycles. The number of aliphatic hydroxyl groups is 1. The highest BCUT2D eigenvalue weighted by Crippen LogP contribution is 2.37. The molecule has 0 bridgehead atoms. The van der Waals surface area contributed by atoms with Gasteiger partial charge in [0.1, 0.15) is 0 Å². The SMILES string of the molecule is OC[C@H](CC(F)(F)F)C1CCCC1. The molecule has 0 aromatic carbocycles. The summed E-state index contributed by atoms with van der Waals surface area (Å²) in [5, 5.41) is 8.85. The normalized spacial score (nSPS) is 22.2. The lowest BCUT2D eigenvalue weighted by Crippen LogP contribution is -2.23. The summed E-state index contributed by atoms with van der Waals surface area (Å²) >= 11 is 0. The summed E-state index contributed by atoms with van der Waals surface area (Å²) in [7, 11) is 0. The molecule has 0 radical (unpaired) electrons. The standard InChI is InChI=1S/C9H15F3O/c10-9(11,12)5-8(6-13)7-3-1-2-4-7/h7-8,13H,1-6H2/t8-/m0/s1. The molecule has 1 nitrogen and oxygen atoms in total. The van der Waals surface area contributed by atoms with Gasteiger partial charge in [0.25, 0.3) is 0 Å². The zero-order chi connectivity index (χ0) is 9.90. The molecule has 0 amide bonds. The zero-order valence-electron chi connectivity index (χ0n) is 7.48. The number of alkyl halides is 3. The molecule has 0 unspecified atom stereocenters. The zero-order valence-corrected chi connectivity index (χ0v) is 7.48. The molecule has 0 spiro atoms. The summed E-state index contributed by atoms with van der Waals surface area (Å²) in [6, 6.07) is 0. The van der Waals surface area contributed by atoms with Crippen LogP contribution in [0, 0.1) is 11.8 Å². The van der Waals surface area contributed by atoms with Crippen LogP contribution in [0.1, 0.15) is 32.1 Å². The van der Waals surface area contributed by atoms with Crippen LogP contribution in [-0.4, -0.2) is 17.9 Å². The largest absolute Gasteiger partial charge is 0.396 e. The van der Waals surface area contributed by atoms with E-state index in [0.29, 0.717) is 0 Å². The average molecular weight is 196 g/mol. The Morgan fingerprint density at radius 1 is 1.23 bits per heavy atom. The van der Waals surface area contributed by atoms with Crippen LogP contribution >= 0.6 is 0 Å². The Bertz CT molecular complexity index is 149. The summed E-state index contributed by atoms with van der Waals surface area (Å²) in [6.45, 7) is -0.329. The van der Waals surface area contributed by atoms with Gasteiger partial charge in [0.15, 0.2) is 0 Å². The van der Waals surface area contributed by atoms with Crippen LogP contribution in [-0.2, 0) is 0 Å². The summed E-state index contributed by atoms with van der Waals surface area (Å²) in [6.07, 6.45) is -1.23. The van der Waals surface area contributed by atoms with Crippen molar-refractivity contribution in [1.29, 1.82) is 0 Å². The summed E-state index contributed by atoms with van der Waals surface area (Å²) < 4.78 is 36.1. The maximum absolute atomic E-state index is 12.0. The van der Waals surface area contributed by atoms with Crippen molar-refractivity contribution in [3.05, 3.63) is 0 Å². The van der Waals surface area contributed by atoms with Gasteiger partial charge in [0.2, 0.25) is 0 Å². The lowest BCUT2D eigenvalue weighted by atomic mass is 9.89. The quantitative estimate of drug-likeness (QED) is 0.735. The van der Waals surface area contributed by atoms with E-state index < -0.39 is 18.5 Å². The first-order chi connectivity index (χ1) is 6.03. The maximum Gasteiger partial charge on any atom is 0.389 e. The van der Waals surface area contributed by atoms with Gasteiger partial charge in [-0.15, -0.1) is 0 Å². The average Bonchev–Trinajstić information content (AvgIpc) is 2.50. The first-order valence-corrected chi connectivity index (χ1v) is 4.70. The van der Waals surface area contributed by atoms with Crippen LogP contribution in [0.2, 0.25) is 0 Å². The molecule has 0 aromatic heterocycles. The van der Waals surface area contributed by atoms with E-state index in [4.69, 9.17) is 5.11 Å². The highest BCUT2D eigenvalue weighted by molar-refractivity contribution is 4.76. The Balaban J connectivity index is 2.42. The maximum atomic E-state index is 12.0. The predicted molar refractivity (Wildman–Crippen MR) is 43.2 cm³/mol. The minimum atomic E-state index is -4.13. The second kappa shape index (κ2) is 4.31. The van der Waals surface area contributed by atoms with Crippen molar-refractivity contribution in [2.75, 3.05) is 6.61 Å². The lowest BCUT2D eigenvalue weighted by Gasteiger charge is -2.22. The van der Waals surface area contributed by atoms with Crippen LogP contribution in [0.25, 0.3) is 0 Å². The Kier molecular flexibility index (Phi) is 3.59. The molecule has 1 saturated carbocycles. The molecule has 1 N–H and O–H groups in total. The molecule has 13 heavy (non-hydrogen) atoms. The van der Waals surface area contributed by atoms with Gasteiger partial charge >= 0.3 is 6.18 Å². The first kappa shape index (κ1) is 10.8. The highest BCUT2D eigenvalue weighted by Gasteiger charge is 2.36. The molecule has 0 saturated heterocycles. The van der Waals surface area contributed by atoms with Crippen LogP contribution in [0.4, 0.5) is 13.2 Å². The molecule has 4 heteroatoms. The van der Waals surface area contributed by atoms with Crippen molar-refractivity contribution in [2.45, 2.75) is 38.3 Å². The van der Waals surface area contributed by atoms with Gasteiger partial charge < -0.3 is 5.11 Å². The van der Waals surface area contributed by atoms with Crippen molar-refractivity contribution in [3.8, 4) is 0 Å². The number of hydrogen-bond donors (Lipinski definition) is 1. The minimum absolute atomic E-state index is 0.0895. The number of hydrogen-bond acceptors (Lipinski definition) is 1. The number of rotatable bonds is 3.